The molecule has 20 heavy (non-hydrogen) atoms. The zero-order valence-electron chi connectivity index (χ0n) is 11.5. The Morgan fingerprint density at radius 1 is 1.00 bits per heavy atom. The first-order valence-corrected chi connectivity index (χ1v) is 6.75. The molecule has 1 atom stereocenters. The van der Waals surface area contributed by atoms with E-state index in [0.29, 0.717) is 6.54 Å². The SMILES string of the molecule is CN1CC(=O)OC(c2ccccc2)c2ccccc2C1. The minimum Gasteiger partial charge on any atom is -0.452 e. The molecule has 0 bridgehead atoms. The maximum absolute atomic E-state index is 12.0. The number of cyclic esters (lactones) is 1. The van der Waals surface area contributed by atoms with Crippen molar-refractivity contribution >= 4 is 5.97 Å². The molecular formula is C17H17NO2. The number of ether oxygens (including phenoxy) is 1. The van der Waals surface area contributed by atoms with Gasteiger partial charge in [0.2, 0.25) is 0 Å². The first kappa shape index (κ1) is 12.9. The van der Waals surface area contributed by atoms with E-state index in [1.807, 2.05) is 60.5 Å². The van der Waals surface area contributed by atoms with Crippen molar-refractivity contribution in [1.29, 1.82) is 0 Å². The minimum atomic E-state index is -0.311. The molecule has 3 heteroatoms. The highest BCUT2D eigenvalue weighted by Crippen LogP contribution is 2.30. The Hall–Kier alpha value is -2.13. The number of esters is 1. The zero-order valence-corrected chi connectivity index (χ0v) is 11.5. The van der Waals surface area contributed by atoms with Crippen LogP contribution in [0.5, 0.6) is 0 Å². The van der Waals surface area contributed by atoms with Crippen molar-refractivity contribution in [1.82, 2.24) is 4.90 Å². The Morgan fingerprint density at radius 3 is 2.50 bits per heavy atom. The Labute approximate surface area is 118 Å². The number of nitrogens with zero attached hydrogens (tertiary/aromatic N) is 1. The highest BCUT2D eigenvalue weighted by Gasteiger charge is 2.25. The molecule has 0 fully saturated rings. The number of hydrogen-bond acceptors (Lipinski definition) is 3. The van der Waals surface area contributed by atoms with Crippen molar-refractivity contribution in [2.45, 2.75) is 12.6 Å². The number of benzene rings is 2. The van der Waals surface area contributed by atoms with Crippen LogP contribution in [0.25, 0.3) is 0 Å². The van der Waals surface area contributed by atoms with E-state index < -0.39 is 0 Å². The van der Waals surface area contributed by atoms with Gasteiger partial charge in [-0.25, -0.2) is 0 Å². The Balaban J connectivity index is 2.08. The minimum absolute atomic E-state index is 0.184. The second-order valence-corrected chi connectivity index (χ2v) is 5.15. The number of rotatable bonds is 1. The molecule has 0 saturated heterocycles. The summed E-state index contributed by atoms with van der Waals surface area (Å²) in [5.74, 6) is -0.184. The van der Waals surface area contributed by atoms with Crippen molar-refractivity contribution in [3.63, 3.8) is 0 Å². The normalized spacial score (nSPS) is 19.6. The second kappa shape index (κ2) is 5.47. The van der Waals surface area contributed by atoms with Gasteiger partial charge in [0.05, 0.1) is 6.54 Å². The third kappa shape index (κ3) is 2.58. The maximum Gasteiger partial charge on any atom is 0.321 e. The Morgan fingerprint density at radius 2 is 1.70 bits per heavy atom. The first-order chi connectivity index (χ1) is 9.74. The summed E-state index contributed by atoms with van der Waals surface area (Å²) in [6.07, 6.45) is -0.311. The summed E-state index contributed by atoms with van der Waals surface area (Å²) in [4.78, 5) is 14.0. The van der Waals surface area contributed by atoms with Crippen molar-refractivity contribution in [2.24, 2.45) is 0 Å². The summed E-state index contributed by atoms with van der Waals surface area (Å²) in [6, 6.07) is 18.1. The molecule has 0 aromatic heterocycles. The smallest absolute Gasteiger partial charge is 0.321 e. The number of hydrogen-bond donors (Lipinski definition) is 0. The summed E-state index contributed by atoms with van der Waals surface area (Å²) in [6.45, 7) is 1.08. The van der Waals surface area contributed by atoms with E-state index >= 15 is 0 Å². The number of carbonyl (C=O) groups is 1. The number of likely N-dealkylation sites (N-methyl/N-ethyl adjacent to an activating group) is 1. The molecule has 1 heterocycles. The lowest BCUT2D eigenvalue weighted by atomic mass is 9.96. The molecule has 102 valence electrons. The predicted octanol–water partition coefficient (Wildman–Crippen LogP) is 2.76. The van der Waals surface area contributed by atoms with E-state index in [1.165, 1.54) is 5.56 Å². The van der Waals surface area contributed by atoms with Crippen molar-refractivity contribution in [3.8, 4) is 0 Å². The zero-order chi connectivity index (χ0) is 13.9. The third-order valence-electron chi connectivity index (χ3n) is 3.53. The maximum atomic E-state index is 12.0. The lowest BCUT2D eigenvalue weighted by molar-refractivity contribution is -0.149. The van der Waals surface area contributed by atoms with Crippen LogP contribution in [0.15, 0.2) is 54.6 Å². The van der Waals surface area contributed by atoms with Crippen LogP contribution in [-0.4, -0.2) is 24.5 Å². The van der Waals surface area contributed by atoms with Crippen molar-refractivity contribution < 1.29 is 9.53 Å². The van der Waals surface area contributed by atoms with Crippen LogP contribution >= 0.6 is 0 Å². The van der Waals surface area contributed by atoms with Crippen LogP contribution < -0.4 is 0 Å². The second-order valence-electron chi connectivity index (χ2n) is 5.15. The summed E-state index contributed by atoms with van der Waals surface area (Å²) >= 11 is 0. The van der Waals surface area contributed by atoms with Crippen LogP contribution in [0.2, 0.25) is 0 Å². The molecule has 0 aliphatic carbocycles. The van der Waals surface area contributed by atoms with Crippen LogP contribution in [0.3, 0.4) is 0 Å². The van der Waals surface area contributed by atoms with E-state index in [9.17, 15) is 4.79 Å². The Kier molecular flexibility index (Phi) is 3.52. The lowest BCUT2D eigenvalue weighted by Crippen LogP contribution is -2.31. The highest BCUT2D eigenvalue weighted by atomic mass is 16.5. The molecule has 0 radical (unpaired) electrons. The third-order valence-corrected chi connectivity index (χ3v) is 3.53. The molecular weight excluding hydrogens is 250 g/mol. The van der Waals surface area contributed by atoms with E-state index in [2.05, 4.69) is 6.07 Å². The average Bonchev–Trinajstić information content (AvgIpc) is 2.45. The lowest BCUT2D eigenvalue weighted by Gasteiger charge is -2.27. The first-order valence-electron chi connectivity index (χ1n) is 6.75. The van der Waals surface area contributed by atoms with E-state index in [4.69, 9.17) is 4.74 Å². The molecule has 2 aromatic carbocycles. The van der Waals surface area contributed by atoms with Gasteiger partial charge < -0.3 is 4.74 Å². The van der Waals surface area contributed by atoms with Gasteiger partial charge in [0.15, 0.2) is 6.10 Å². The quantitative estimate of drug-likeness (QED) is 0.744. The molecule has 0 saturated carbocycles. The predicted molar refractivity (Wildman–Crippen MR) is 77.2 cm³/mol. The molecule has 2 aromatic rings. The standard InChI is InChI=1S/C17H17NO2/c1-18-11-14-9-5-6-10-15(14)17(20-16(19)12-18)13-7-3-2-4-8-13/h2-10,17H,11-12H2,1H3. The number of carbonyl (C=O) groups excluding carboxylic acids is 1. The summed E-state index contributed by atoms with van der Waals surface area (Å²) in [7, 11) is 1.93. The largest absolute Gasteiger partial charge is 0.452 e. The van der Waals surface area contributed by atoms with Gasteiger partial charge in [-0.3, -0.25) is 9.69 Å². The van der Waals surface area contributed by atoms with Crippen molar-refractivity contribution in [2.75, 3.05) is 13.6 Å². The molecule has 0 spiro atoms. The fourth-order valence-electron chi connectivity index (χ4n) is 2.61. The molecule has 0 N–H and O–H groups in total. The summed E-state index contributed by atoms with van der Waals surface area (Å²) < 4.78 is 5.69. The Bertz CT molecular complexity index is 609. The number of fused-ring (bicyclic) bond motifs is 1. The van der Waals surface area contributed by atoms with E-state index in [1.54, 1.807) is 0 Å². The van der Waals surface area contributed by atoms with Gasteiger partial charge in [0.25, 0.3) is 0 Å². The van der Waals surface area contributed by atoms with Gasteiger partial charge in [0.1, 0.15) is 0 Å². The fraction of sp³-hybridized carbons (Fsp3) is 0.235. The van der Waals surface area contributed by atoms with Gasteiger partial charge in [-0.1, -0.05) is 54.6 Å². The van der Waals surface area contributed by atoms with Crippen molar-refractivity contribution in [3.05, 3.63) is 71.3 Å². The van der Waals surface area contributed by atoms with Gasteiger partial charge in [-0.05, 0) is 18.2 Å². The van der Waals surface area contributed by atoms with E-state index in [0.717, 1.165) is 17.7 Å². The van der Waals surface area contributed by atoms with Gasteiger partial charge in [0, 0.05) is 12.1 Å². The van der Waals surface area contributed by atoms with Crippen LogP contribution in [0, 0.1) is 0 Å². The monoisotopic (exact) mass is 267 g/mol. The fourth-order valence-corrected chi connectivity index (χ4v) is 2.61. The topological polar surface area (TPSA) is 29.5 Å². The van der Waals surface area contributed by atoms with Gasteiger partial charge in [-0.15, -0.1) is 0 Å². The molecule has 0 amide bonds. The highest BCUT2D eigenvalue weighted by molar-refractivity contribution is 5.72. The molecule has 1 aliphatic heterocycles. The van der Waals surface area contributed by atoms with E-state index in [-0.39, 0.29) is 12.1 Å². The van der Waals surface area contributed by atoms with Gasteiger partial charge in [-0.2, -0.15) is 0 Å². The molecule has 1 aliphatic rings. The molecule has 1 unspecified atom stereocenters. The van der Waals surface area contributed by atoms with Crippen LogP contribution in [0.4, 0.5) is 0 Å². The molecule has 3 nitrogen and oxygen atoms in total. The summed E-state index contributed by atoms with van der Waals surface area (Å²) in [5.41, 5.74) is 3.29. The van der Waals surface area contributed by atoms with Gasteiger partial charge >= 0.3 is 5.97 Å². The van der Waals surface area contributed by atoms with Crippen LogP contribution in [0.1, 0.15) is 22.8 Å². The average molecular weight is 267 g/mol. The molecule has 3 rings (SSSR count). The summed E-state index contributed by atoms with van der Waals surface area (Å²) in [5, 5.41) is 0. The van der Waals surface area contributed by atoms with Crippen LogP contribution in [-0.2, 0) is 16.1 Å².